The monoisotopic (exact) mass is 330 g/mol. The molecule has 1 aromatic carbocycles. The van der Waals surface area contributed by atoms with Crippen LogP contribution in [0.2, 0.25) is 5.02 Å². The zero-order chi connectivity index (χ0) is 16.4. The average Bonchev–Trinajstić information content (AvgIpc) is 2.86. The third kappa shape index (κ3) is 3.34. The van der Waals surface area contributed by atoms with Crippen LogP contribution in [0.3, 0.4) is 0 Å². The van der Waals surface area contributed by atoms with Crippen molar-refractivity contribution in [2.45, 2.75) is 20.4 Å². The highest BCUT2D eigenvalue weighted by Crippen LogP contribution is 2.30. The molecule has 1 aromatic heterocycles. The van der Waals surface area contributed by atoms with E-state index in [0.29, 0.717) is 10.6 Å². The summed E-state index contributed by atoms with van der Waals surface area (Å²) in [7, 11) is 0. The van der Waals surface area contributed by atoms with E-state index in [1.54, 1.807) is 0 Å². The van der Waals surface area contributed by atoms with Crippen molar-refractivity contribution in [1.29, 1.82) is 5.26 Å². The second-order valence-corrected chi connectivity index (χ2v) is 6.17. The van der Waals surface area contributed by atoms with Crippen LogP contribution >= 0.6 is 11.6 Å². The summed E-state index contributed by atoms with van der Waals surface area (Å²) in [5, 5.41) is 9.92. The second kappa shape index (κ2) is 6.61. The lowest BCUT2D eigenvalue weighted by Crippen LogP contribution is -2.46. The Hall–Kier alpha value is -2.03. The maximum atomic E-state index is 9.28. The fraction of sp³-hybridized carbons (Fsp3) is 0.412. The van der Waals surface area contributed by atoms with E-state index in [4.69, 9.17) is 16.0 Å². The molecule has 3 rings (SSSR count). The molecule has 1 aliphatic rings. The molecule has 1 aliphatic heterocycles. The summed E-state index contributed by atoms with van der Waals surface area (Å²) in [6, 6.07) is 7.69. The molecular formula is C17H19ClN4O. The number of nitriles is 1. The van der Waals surface area contributed by atoms with Gasteiger partial charge in [-0.2, -0.15) is 5.26 Å². The van der Waals surface area contributed by atoms with Crippen LogP contribution in [0.25, 0.3) is 0 Å². The number of anilines is 1. The van der Waals surface area contributed by atoms with Crippen molar-refractivity contribution in [1.82, 2.24) is 9.88 Å². The molecule has 1 fully saturated rings. The number of aromatic nitrogens is 1. The minimum Gasteiger partial charge on any atom is -0.444 e. The number of aryl methyl sites for hydroxylation is 2. The minimum absolute atomic E-state index is 0.630. The van der Waals surface area contributed by atoms with Crippen LogP contribution in [-0.4, -0.2) is 36.1 Å². The lowest BCUT2D eigenvalue weighted by atomic mass is 10.1. The molecule has 120 valence electrons. The van der Waals surface area contributed by atoms with E-state index in [0.717, 1.165) is 55.8 Å². The highest BCUT2D eigenvalue weighted by Gasteiger charge is 2.22. The van der Waals surface area contributed by atoms with Gasteiger partial charge in [0.2, 0.25) is 5.89 Å². The highest BCUT2D eigenvalue weighted by molar-refractivity contribution is 6.33. The summed E-state index contributed by atoms with van der Waals surface area (Å²) < 4.78 is 5.65. The van der Waals surface area contributed by atoms with Gasteiger partial charge >= 0.3 is 0 Å². The van der Waals surface area contributed by atoms with Crippen LogP contribution in [-0.2, 0) is 6.54 Å². The Kier molecular flexibility index (Phi) is 4.56. The predicted molar refractivity (Wildman–Crippen MR) is 89.6 cm³/mol. The van der Waals surface area contributed by atoms with Crippen LogP contribution in [0.5, 0.6) is 0 Å². The minimum atomic E-state index is 0.630. The molecule has 0 aliphatic carbocycles. The first-order valence-corrected chi connectivity index (χ1v) is 8.05. The van der Waals surface area contributed by atoms with E-state index in [1.165, 1.54) is 0 Å². The molecule has 1 saturated heterocycles. The molecule has 6 heteroatoms. The van der Waals surface area contributed by atoms with Gasteiger partial charge in [-0.25, -0.2) is 4.98 Å². The summed E-state index contributed by atoms with van der Waals surface area (Å²) in [6.07, 6.45) is 0. The molecule has 0 saturated carbocycles. The summed E-state index contributed by atoms with van der Waals surface area (Å²) in [4.78, 5) is 8.93. The SMILES string of the molecule is Cc1nc(CN2CCN(c3c(Cl)cccc3C#N)CC2)oc1C. The predicted octanol–water partition coefficient (Wildman–Crippen LogP) is 3.14. The lowest BCUT2D eigenvalue weighted by molar-refractivity contribution is 0.225. The number of oxazole rings is 1. The molecule has 0 bridgehead atoms. The topological polar surface area (TPSA) is 56.3 Å². The van der Waals surface area contributed by atoms with E-state index in [2.05, 4.69) is 20.9 Å². The van der Waals surface area contributed by atoms with Crippen molar-refractivity contribution in [3.8, 4) is 6.07 Å². The molecule has 5 nitrogen and oxygen atoms in total. The van der Waals surface area contributed by atoms with Crippen LogP contribution in [0.15, 0.2) is 22.6 Å². The molecule has 0 radical (unpaired) electrons. The van der Waals surface area contributed by atoms with E-state index in [1.807, 2.05) is 32.0 Å². The normalized spacial score (nSPS) is 15.7. The van der Waals surface area contributed by atoms with Gasteiger partial charge in [-0.3, -0.25) is 4.90 Å². The molecule has 0 unspecified atom stereocenters. The van der Waals surface area contributed by atoms with Crippen LogP contribution in [0.1, 0.15) is 22.9 Å². The number of hydrogen-bond acceptors (Lipinski definition) is 5. The van der Waals surface area contributed by atoms with Gasteiger partial charge in [0.05, 0.1) is 28.5 Å². The van der Waals surface area contributed by atoms with E-state index >= 15 is 0 Å². The quantitative estimate of drug-likeness (QED) is 0.865. The van der Waals surface area contributed by atoms with Gasteiger partial charge in [0.25, 0.3) is 0 Å². The van der Waals surface area contributed by atoms with Gasteiger partial charge in [-0.15, -0.1) is 0 Å². The number of halogens is 1. The number of hydrogen-bond donors (Lipinski definition) is 0. The zero-order valence-corrected chi connectivity index (χ0v) is 14.1. The highest BCUT2D eigenvalue weighted by atomic mass is 35.5. The fourth-order valence-electron chi connectivity index (χ4n) is 2.85. The van der Waals surface area contributed by atoms with Gasteiger partial charge in [0, 0.05) is 26.2 Å². The fourth-order valence-corrected chi connectivity index (χ4v) is 3.15. The average molecular weight is 331 g/mol. The Bertz CT molecular complexity index is 722. The van der Waals surface area contributed by atoms with Crippen LogP contribution in [0, 0.1) is 25.2 Å². The van der Waals surface area contributed by atoms with Gasteiger partial charge in [-0.05, 0) is 26.0 Å². The summed E-state index contributed by atoms with van der Waals surface area (Å²) in [5.74, 6) is 1.65. The summed E-state index contributed by atoms with van der Waals surface area (Å²) >= 11 is 6.30. The number of nitrogens with zero attached hydrogens (tertiary/aromatic N) is 4. The van der Waals surface area contributed by atoms with E-state index in [9.17, 15) is 5.26 Å². The first kappa shape index (κ1) is 15.9. The second-order valence-electron chi connectivity index (χ2n) is 5.76. The Morgan fingerprint density at radius 1 is 1.26 bits per heavy atom. The van der Waals surface area contributed by atoms with Crippen molar-refractivity contribution in [2.24, 2.45) is 0 Å². The Morgan fingerprint density at radius 3 is 2.61 bits per heavy atom. The van der Waals surface area contributed by atoms with Crippen molar-refractivity contribution >= 4 is 17.3 Å². The molecule has 0 atom stereocenters. The lowest BCUT2D eigenvalue weighted by Gasteiger charge is -2.36. The molecule has 23 heavy (non-hydrogen) atoms. The first-order chi connectivity index (χ1) is 11.1. The summed E-state index contributed by atoms with van der Waals surface area (Å²) in [6.45, 7) is 8.04. The molecule has 2 heterocycles. The van der Waals surface area contributed by atoms with Crippen LogP contribution in [0.4, 0.5) is 5.69 Å². The first-order valence-electron chi connectivity index (χ1n) is 7.67. The van der Waals surface area contributed by atoms with Gasteiger partial charge < -0.3 is 9.32 Å². The standard InChI is InChI=1S/C17H19ClN4O/c1-12-13(2)23-16(20-12)11-21-6-8-22(9-7-21)17-14(10-19)4-3-5-15(17)18/h3-5H,6-9,11H2,1-2H3. The summed E-state index contributed by atoms with van der Waals surface area (Å²) in [5.41, 5.74) is 2.43. The Balaban J connectivity index is 1.66. The third-order valence-corrected chi connectivity index (χ3v) is 4.53. The van der Waals surface area contributed by atoms with Crippen molar-refractivity contribution in [3.05, 3.63) is 46.1 Å². The largest absolute Gasteiger partial charge is 0.444 e. The van der Waals surface area contributed by atoms with E-state index in [-0.39, 0.29) is 0 Å². The van der Waals surface area contributed by atoms with Crippen molar-refractivity contribution in [3.63, 3.8) is 0 Å². The maximum Gasteiger partial charge on any atom is 0.208 e. The van der Waals surface area contributed by atoms with Crippen LogP contribution < -0.4 is 4.90 Å². The zero-order valence-electron chi connectivity index (χ0n) is 13.3. The Labute approximate surface area is 141 Å². The Morgan fingerprint density at radius 2 is 2.00 bits per heavy atom. The molecule has 0 spiro atoms. The van der Waals surface area contributed by atoms with Crippen molar-refractivity contribution in [2.75, 3.05) is 31.1 Å². The number of piperazine rings is 1. The third-order valence-electron chi connectivity index (χ3n) is 4.23. The van der Waals surface area contributed by atoms with Gasteiger partial charge in [0.1, 0.15) is 11.8 Å². The smallest absolute Gasteiger partial charge is 0.208 e. The molecule has 2 aromatic rings. The van der Waals surface area contributed by atoms with Gasteiger partial charge in [0.15, 0.2) is 0 Å². The number of para-hydroxylation sites is 1. The molecular weight excluding hydrogens is 312 g/mol. The van der Waals surface area contributed by atoms with E-state index < -0.39 is 0 Å². The molecule has 0 N–H and O–H groups in total. The number of rotatable bonds is 3. The maximum absolute atomic E-state index is 9.28. The van der Waals surface area contributed by atoms with Gasteiger partial charge in [-0.1, -0.05) is 17.7 Å². The molecule has 0 amide bonds. The number of benzene rings is 1. The van der Waals surface area contributed by atoms with Crippen molar-refractivity contribution < 1.29 is 4.42 Å².